The fourth-order valence-corrected chi connectivity index (χ4v) is 2.59. The second kappa shape index (κ2) is 9.03. The maximum absolute atomic E-state index is 3.67. The third-order valence-electron chi connectivity index (χ3n) is 3.66. The molecule has 1 aliphatic rings. The van der Waals surface area contributed by atoms with Gasteiger partial charge in [-0.25, -0.2) is 19.9 Å². The van der Waals surface area contributed by atoms with E-state index in [-0.39, 0.29) is 0 Å². The van der Waals surface area contributed by atoms with Gasteiger partial charge in [0.05, 0.1) is 0 Å². The van der Waals surface area contributed by atoms with E-state index in [0.717, 1.165) is 6.42 Å². The monoisotopic (exact) mass is 326 g/mol. The molecule has 2 aromatic carbocycles. The number of benzene rings is 2. The number of hydrogen-bond acceptors (Lipinski definition) is 4. The van der Waals surface area contributed by atoms with Crippen LogP contribution in [0.5, 0.6) is 0 Å². The Labute approximate surface area is 147 Å². The van der Waals surface area contributed by atoms with Crippen molar-refractivity contribution in [1.29, 1.82) is 0 Å². The van der Waals surface area contributed by atoms with Gasteiger partial charge >= 0.3 is 0 Å². The van der Waals surface area contributed by atoms with Crippen molar-refractivity contribution in [2.75, 3.05) is 0 Å². The molecule has 0 fully saturated rings. The predicted octanol–water partition coefficient (Wildman–Crippen LogP) is 4.21. The summed E-state index contributed by atoms with van der Waals surface area (Å²) in [5, 5.41) is 0. The van der Waals surface area contributed by atoms with Crippen LogP contribution in [0.4, 0.5) is 0 Å². The van der Waals surface area contributed by atoms with E-state index < -0.39 is 0 Å². The average Bonchev–Trinajstić information content (AvgIpc) is 3.10. The number of hydrogen-bond donors (Lipinski definition) is 0. The maximum Gasteiger partial charge on any atom is 0.115 e. The molecule has 0 aliphatic heterocycles. The van der Waals surface area contributed by atoms with Gasteiger partial charge in [-0.05, 0) is 40.8 Å². The van der Waals surface area contributed by atoms with Crippen molar-refractivity contribution >= 4 is 0 Å². The third kappa shape index (κ3) is 4.78. The molecule has 0 spiro atoms. The SMILES string of the molecule is c1ccc2c(c1)Cc1ccccc1-2.c1cncnc1.c1cncnc1. The topological polar surface area (TPSA) is 51.6 Å². The normalized spacial score (nSPS) is 10.2. The van der Waals surface area contributed by atoms with Gasteiger partial charge in [0.15, 0.2) is 0 Å². The summed E-state index contributed by atoms with van der Waals surface area (Å²) in [5.74, 6) is 0. The van der Waals surface area contributed by atoms with Crippen LogP contribution < -0.4 is 0 Å². The standard InChI is InChI=1S/C13H10.2C4H4N2/c1-3-7-12-10(5-1)9-11-6-2-4-8-13(11)12;2*1-2-5-4-6-3-1/h1-8H,9H2;2*1-4H. The van der Waals surface area contributed by atoms with Crippen LogP contribution in [-0.2, 0) is 6.42 Å². The van der Waals surface area contributed by atoms with Gasteiger partial charge in [0, 0.05) is 24.8 Å². The Bertz CT molecular complexity index is 752. The van der Waals surface area contributed by atoms with Gasteiger partial charge in [0.1, 0.15) is 12.7 Å². The molecule has 2 heterocycles. The number of aromatic nitrogens is 4. The molecule has 4 aromatic rings. The third-order valence-corrected chi connectivity index (χ3v) is 3.66. The van der Waals surface area contributed by atoms with E-state index in [1.165, 1.54) is 34.9 Å². The zero-order valence-electron chi connectivity index (χ0n) is 13.7. The molecule has 122 valence electrons. The number of rotatable bonds is 0. The van der Waals surface area contributed by atoms with Gasteiger partial charge < -0.3 is 0 Å². The second-order valence-corrected chi connectivity index (χ2v) is 5.30. The van der Waals surface area contributed by atoms with Gasteiger partial charge in [-0.15, -0.1) is 0 Å². The lowest BCUT2D eigenvalue weighted by molar-refractivity contribution is 1.17. The van der Waals surface area contributed by atoms with Gasteiger partial charge in [-0.3, -0.25) is 0 Å². The predicted molar refractivity (Wildman–Crippen MR) is 98.7 cm³/mol. The van der Waals surface area contributed by atoms with Crippen molar-refractivity contribution in [2.24, 2.45) is 0 Å². The summed E-state index contributed by atoms with van der Waals surface area (Å²) in [7, 11) is 0. The second-order valence-electron chi connectivity index (χ2n) is 5.30. The summed E-state index contributed by atoms with van der Waals surface area (Å²) in [6.07, 6.45) is 10.9. The highest BCUT2D eigenvalue weighted by atomic mass is 14.8. The van der Waals surface area contributed by atoms with Crippen molar-refractivity contribution in [3.63, 3.8) is 0 Å². The molecule has 0 saturated heterocycles. The summed E-state index contributed by atoms with van der Waals surface area (Å²) < 4.78 is 0. The Morgan fingerprint density at radius 1 is 0.480 bits per heavy atom. The molecule has 0 amide bonds. The summed E-state index contributed by atoms with van der Waals surface area (Å²) in [5.41, 5.74) is 5.75. The molecule has 0 radical (unpaired) electrons. The minimum Gasteiger partial charge on any atom is -0.245 e. The molecule has 4 nitrogen and oxygen atoms in total. The Morgan fingerprint density at radius 2 is 0.880 bits per heavy atom. The first kappa shape index (κ1) is 16.5. The molecule has 2 aromatic heterocycles. The number of fused-ring (bicyclic) bond motifs is 3. The molecule has 5 rings (SSSR count). The van der Waals surface area contributed by atoms with E-state index in [1.54, 1.807) is 36.9 Å². The minimum atomic E-state index is 1.10. The van der Waals surface area contributed by atoms with Crippen molar-refractivity contribution in [3.05, 3.63) is 109 Å². The van der Waals surface area contributed by atoms with Crippen LogP contribution in [0.25, 0.3) is 11.1 Å². The minimum absolute atomic E-state index is 1.10. The van der Waals surface area contributed by atoms with E-state index in [2.05, 4.69) is 68.5 Å². The molecule has 0 saturated carbocycles. The first-order chi connectivity index (χ1) is 12.4. The average molecular weight is 326 g/mol. The highest BCUT2D eigenvalue weighted by Crippen LogP contribution is 2.35. The van der Waals surface area contributed by atoms with E-state index in [0.29, 0.717) is 0 Å². The lowest BCUT2D eigenvalue weighted by Crippen LogP contribution is -1.77. The zero-order chi connectivity index (χ0) is 17.2. The van der Waals surface area contributed by atoms with Crippen LogP contribution in [0.3, 0.4) is 0 Å². The van der Waals surface area contributed by atoms with Crippen molar-refractivity contribution < 1.29 is 0 Å². The fraction of sp³-hybridized carbons (Fsp3) is 0.0476. The molecule has 4 heteroatoms. The van der Waals surface area contributed by atoms with E-state index >= 15 is 0 Å². The van der Waals surface area contributed by atoms with Crippen LogP contribution in [-0.4, -0.2) is 19.9 Å². The first-order valence-corrected chi connectivity index (χ1v) is 8.01. The van der Waals surface area contributed by atoms with Crippen LogP contribution in [0.2, 0.25) is 0 Å². The summed E-state index contributed by atoms with van der Waals surface area (Å²) in [6, 6.07) is 20.9. The Kier molecular flexibility index (Phi) is 5.95. The zero-order valence-corrected chi connectivity index (χ0v) is 13.7. The Morgan fingerprint density at radius 3 is 1.20 bits per heavy atom. The first-order valence-electron chi connectivity index (χ1n) is 8.01. The molecular weight excluding hydrogens is 308 g/mol. The molecule has 25 heavy (non-hydrogen) atoms. The molecule has 0 atom stereocenters. The van der Waals surface area contributed by atoms with Crippen LogP contribution in [0, 0.1) is 0 Å². The molecular formula is C21H18N4. The molecule has 1 aliphatic carbocycles. The smallest absolute Gasteiger partial charge is 0.115 e. The summed E-state index contributed by atoms with van der Waals surface area (Å²) in [4.78, 5) is 14.7. The molecule has 0 bridgehead atoms. The van der Waals surface area contributed by atoms with Gasteiger partial charge in [-0.2, -0.15) is 0 Å². The van der Waals surface area contributed by atoms with Crippen molar-refractivity contribution in [2.45, 2.75) is 6.42 Å². The molecule has 0 N–H and O–H groups in total. The van der Waals surface area contributed by atoms with Crippen LogP contribution >= 0.6 is 0 Å². The highest BCUT2D eigenvalue weighted by Gasteiger charge is 2.15. The van der Waals surface area contributed by atoms with Crippen molar-refractivity contribution in [3.8, 4) is 11.1 Å². The summed E-state index contributed by atoms with van der Waals surface area (Å²) >= 11 is 0. The van der Waals surface area contributed by atoms with E-state index in [1.807, 2.05) is 0 Å². The van der Waals surface area contributed by atoms with Gasteiger partial charge in [0.2, 0.25) is 0 Å². The van der Waals surface area contributed by atoms with E-state index in [4.69, 9.17) is 0 Å². The maximum atomic E-state index is 3.67. The lowest BCUT2D eigenvalue weighted by atomic mass is 10.1. The van der Waals surface area contributed by atoms with Crippen molar-refractivity contribution in [1.82, 2.24) is 19.9 Å². The quantitative estimate of drug-likeness (QED) is 0.428. The lowest BCUT2D eigenvalue weighted by Gasteiger charge is -1.98. The van der Waals surface area contributed by atoms with Crippen LogP contribution in [0.1, 0.15) is 11.1 Å². The largest absolute Gasteiger partial charge is 0.245 e. The Hall–Kier alpha value is -3.40. The highest BCUT2D eigenvalue weighted by molar-refractivity contribution is 5.76. The fourth-order valence-electron chi connectivity index (χ4n) is 2.59. The molecule has 0 unspecified atom stereocenters. The van der Waals surface area contributed by atoms with E-state index in [9.17, 15) is 0 Å². The summed E-state index contributed by atoms with van der Waals surface area (Å²) in [6.45, 7) is 0. The van der Waals surface area contributed by atoms with Gasteiger partial charge in [-0.1, -0.05) is 48.5 Å². The van der Waals surface area contributed by atoms with Crippen LogP contribution in [0.15, 0.2) is 98.1 Å². The Balaban J connectivity index is 0.000000127. The van der Waals surface area contributed by atoms with Gasteiger partial charge in [0.25, 0.3) is 0 Å². The number of nitrogens with zero attached hydrogens (tertiary/aromatic N) is 4.